The van der Waals surface area contributed by atoms with Crippen LogP contribution in [0.4, 0.5) is 5.69 Å². The zero-order valence-corrected chi connectivity index (χ0v) is 25.5. The zero-order valence-electron chi connectivity index (χ0n) is 25.5. The van der Waals surface area contributed by atoms with Crippen molar-refractivity contribution in [3.63, 3.8) is 0 Å². The van der Waals surface area contributed by atoms with Gasteiger partial charge in [-0.05, 0) is 42.2 Å². The number of amides is 3. The minimum atomic E-state index is -1.39. The minimum absolute atomic E-state index is 0.179. The van der Waals surface area contributed by atoms with E-state index in [1.165, 1.54) is 4.90 Å². The first-order valence-electron chi connectivity index (χ1n) is 15.6. The third kappa shape index (κ3) is 4.71. The van der Waals surface area contributed by atoms with Crippen molar-refractivity contribution in [2.24, 2.45) is 11.8 Å². The SMILES string of the molecule is Cc1ccc(C)c(N2CC=C[C@]34O[C@@H]5C=CCN(Cc6ccccc6)C(=O)[C@@H]5[C@H]3C(=O)N([C@H](CO)c3ccccc3)C4C2=O)c1. The number of likely N-dealkylation sites (tertiary alicyclic amines) is 1. The summed E-state index contributed by atoms with van der Waals surface area (Å²) in [5.41, 5.74) is 3.00. The van der Waals surface area contributed by atoms with Gasteiger partial charge in [0.25, 0.3) is 5.91 Å². The molecule has 230 valence electrons. The second-order valence-corrected chi connectivity index (χ2v) is 12.5. The molecule has 2 fully saturated rings. The van der Waals surface area contributed by atoms with Crippen molar-refractivity contribution in [3.05, 3.63) is 125 Å². The van der Waals surface area contributed by atoms with Gasteiger partial charge in [-0.15, -0.1) is 0 Å². The zero-order chi connectivity index (χ0) is 31.3. The van der Waals surface area contributed by atoms with E-state index in [-0.39, 0.29) is 24.3 Å². The molecule has 3 amide bonds. The Morgan fingerprint density at radius 1 is 0.889 bits per heavy atom. The molecule has 4 aliphatic rings. The highest BCUT2D eigenvalue weighted by atomic mass is 16.5. The first kappa shape index (κ1) is 29.2. The maximum Gasteiger partial charge on any atom is 0.253 e. The number of hydrogen-bond acceptors (Lipinski definition) is 5. The number of aliphatic hydroxyl groups excluding tert-OH is 1. The molecule has 0 radical (unpaired) electrons. The Balaban J connectivity index is 1.35. The van der Waals surface area contributed by atoms with E-state index in [1.807, 2.05) is 117 Å². The predicted octanol–water partition coefficient (Wildman–Crippen LogP) is 4.12. The summed E-state index contributed by atoms with van der Waals surface area (Å²) in [6, 6.07) is 23.1. The maximum atomic E-state index is 14.9. The summed E-state index contributed by atoms with van der Waals surface area (Å²) in [5, 5.41) is 10.8. The average molecular weight is 604 g/mol. The topological polar surface area (TPSA) is 90.4 Å². The van der Waals surface area contributed by atoms with Crippen LogP contribution < -0.4 is 4.90 Å². The molecule has 7 rings (SSSR count). The van der Waals surface area contributed by atoms with Crippen LogP contribution in [0.2, 0.25) is 0 Å². The number of aryl methyl sites for hydroxylation is 2. The number of nitrogens with zero attached hydrogens (tertiary/aromatic N) is 3. The molecule has 8 heteroatoms. The summed E-state index contributed by atoms with van der Waals surface area (Å²) in [7, 11) is 0. The van der Waals surface area contributed by atoms with E-state index in [9.17, 15) is 19.5 Å². The summed E-state index contributed by atoms with van der Waals surface area (Å²) in [6.45, 7) is 4.62. The molecule has 4 heterocycles. The number of ether oxygens (including phenoxy) is 1. The van der Waals surface area contributed by atoms with Crippen LogP contribution in [0.3, 0.4) is 0 Å². The van der Waals surface area contributed by atoms with Gasteiger partial charge in [-0.3, -0.25) is 14.4 Å². The number of carbonyl (C=O) groups excluding carboxylic acids is 3. The molecule has 1 unspecified atom stereocenters. The number of carbonyl (C=O) groups is 3. The number of rotatable bonds is 6. The Morgan fingerprint density at radius 3 is 2.36 bits per heavy atom. The van der Waals surface area contributed by atoms with Gasteiger partial charge in [-0.1, -0.05) is 97.1 Å². The number of fused-ring (bicyclic) bond motifs is 2. The number of hydrogen-bond donors (Lipinski definition) is 1. The van der Waals surface area contributed by atoms with Crippen molar-refractivity contribution in [2.75, 3.05) is 24.6 Å². The van der Waals surface area contributed by atoms with Gasteiger partial charge in [0.05, 0.1) is 30.6 Å². The molecule has 3 aromatic carbocycles. The molecule has 0 bridgehead atoms. The molecule has 3 aromatic rings. The predicted molar refractivity (Wildman–Crippen MR) is 170 cm³/mol. The normalized spacial score (nSPS) is 28.1. The van der Waals surface area contributed by atoms with E-state index >= 15 is 0 Å². The lowest BCUT2D eigenvalue weighted by Crippen LogP contribution is -2.56. The van der Waals surface area contributed by atoms with Crippen LogP contribution in [-0.4, -0.2) is 70.1 Å². The Hall–Kier alpha value is -4.53. The first-order chi connectivity index (χ1) is 21.8. The fraction of sp³-hybridized carbons (Fsp3) is 0.324. The first-order valence-corrected chi connectivity index (χ1v) is 15.6. The average Bonchev–Trinajstić information content (AvgIpc) is 3.37. The largest absolute Gasteiger partial charge is 0.394 e. The molecule has 0 aliphatic carbocycles. The Morgan fingerprint density at radius 2 is 1.62 bits per heavy atom. The molecule has 6 atom stereocenters. The van der Waals surface area contributed by atoms with Crippen LogP contribution >= 0.6 is 0 Å². The summed E-state index contributed by atoms with van der Waals surface area (Å²) in [5.74, 6) is -2.61. The molecule has 0 aromatic heterocycles. The van der Waals surface area contributed by atoms with Crippen molar-refractivity contribution in [1.29, 1.82) is 0 Å². The fourth-order valence-corrected chi connectivity index (χ4v) is 7.67. The van der Waals surface area contributed by atoms with Gasteiger partial charge < -0.3 is 24.5 Å². The second kappa shape index (κ2) is 11.4. The highest BCUT2D eigenvalue weighted by molar-refractivity contribution is 6.06. The van der Waals surface area contributed by atoms with Crippen molar-refractivity contribution in [3.8, 4) is 0 Å². The third-order valence-electron chi connectivity index (χ3n) is 9.74. The molecule has 1 spiro atoms. The fourth-order valence-electron chi connectivity index (χ4n) is 7.67. The number of benzene rings is 3. The van der Waals surface area contributed by atoms with Gasteiger partial charge >= 0.3 is 0 Å². The highest BCUT2D eigenvalue weighted by Gasteiger charge is 2.72. The van der Waals surface area contributed by atoms with E-state index in [1.54, 1.807) is 9.80 Å². The standard InChI is InChI=1S/C37H37N3O5/c1-24-16-17-25(2)28(21-24)39-20-10-18-37-32(35(43)40(33(37)36(39)44)29(23-41)27-13-7-4-8-14-27)31-30(45-37)15-9-19-38(34(31)42)22-26-11-5-3-6-12-26/h3-18,21,29-33,41H,19-20,22-23H2,1-2H3/t29-,30-,31+,32+,33?,37+/m1/s1. The maximum absolute atomic E-state index is 14.9. The lowest BCUT2D eigenvalue weighted by molar-refractivity contribution is -0.147. The second-order valence-electron chi connectivity index (χ2n) is 12.5. The van der Waals surface area contributed by atoms with Crippen LogP contribution in [0.5, 0.6) is 0 Å². The third-order valence-corrected chi connectivity index (χ3v) is 9.74. The van der Waals surface area contributed by atoms with Crippen molar-refractivity contribution >= 4 is 23.4 Å². The molecule has 0 saturated carbocycles. The van der Waals surface area contributed by atoms with Crippen molar-refractivity contribution in [2.45, 2.75) is 44.2 Å². The Kier molecular flexibility index (Phi) is 7.42. The Labute approximate surface area is 263 Å². The summed E-state index contributed by atoms with van der Waals surface area (Å²) in [6.07, 6.45) is 6.86. The number of aliphatic hydroxyl groups is 1. The van der Waals surface area contributed by atoms with Crippen LogP contribution in [0, 0.1) is 25.7 Å². The van der Waals surface area contributed by atoms with Crippen LogP contribution in [0.25, 0.3) is 0 Å². The van der Waals surface area contributed by atoms with Gasteiger partial charge in [0.2, 0.25) is 11.8 Å². The summed E-state index contributed by atoms with van der Waals surface area (Å²) >= 11 is 0. The lowest BCUT2D eigenvalue weighted by atomic mass is 9.77. The Bertz CT molecular complexity index is 1690. The van der Waals surface area contributed by atoms with Crippen molar-refractivity contribution in [1.82, 2.24) is 9.80 Å². The van der Waals surface area contributed by atoms with E-state index in [0.717, 1.165) is 22.4 Å². The van der Waals surface area contributed by atoms with Gasteiger partial charge in [0, 0.05) is 25.3 Å². The van der Waals surface area contributed by atoms with Crippen molar-refractivity contribution < 1.29 is 24.2 Å². The molecule has 4 aliphatic heterocycles. The lowest BCUT2D eigenvalue weighted by Gasteiger charge is -2.39. The molecular weight excluding hydrogens is 566 g/mol. The van der Waals surface area contributed by atoms with Gasteiger partial charge in [0.1, 0.15) is 11.6 Å². The monoisotopic (exact) mass is 603 g/mol. The van der Waals surface area contributed by atoms with Gasteiger partial charge in [-0.2, -0.15) is 0 Å². The quantitative estimate of drug-likeness (QED) is 0.429. The molecule has 2 saturated heterocycles. The molecular formula is C37H37N3O5. The van der Waals surface area contributed by atoms with E-state index < -0.39 is 42.2 Å². The summed E-state index contributed by atoms with van der Waals surface area (Å²) in [4.78, 5) is 49.2. The van der Waals surface area contributed by atoms with Crippen LogP contribution in [-0.2, 0) is 25.7 Å². The smallest absolute Gasteiger partial charge is 0.253 e. The minimum Gasteiger partial charge on any atom is -0.394 e. The molecule has 8 nitrogen and oxygen atoms in total. The van der Waals surface area contributed by atoms with Gasteiger partial charge in [-0.25, -0.2) is 0 Å². The van der Waals surface area contributed by atoms with Gasteiger partial charge in [0.15, 0.2) is 0 Å². The van der Waals surface area contributed by atoms with Crippen LogP contribution in [0.1, 0.15) is 28.3 Å². The summed E-state index contributed by atoms with van der Waals surface area (Å²) < 4.78 is 6.84. The van der Waals surface area contributed by atoms with E-state index in [4.69, 9.17) is 4.74 Å². The molecule has 1 N–H and O–H groups in total. The van der Waals surface area contributed by atoms with E-state index in [2.05, 4.69) is 0 Å². The number of anilines is 1. The van der Waals surface area contributed by atoms with Crippen LogP contribution in [0.15, 0.2) is 103 Å². The van der Waals surface area contributed by atoms with E-state index in [0.29, 0.717) is 18.7 Å². The molecule has 45 heavy (non-hydrogen) atoms. The highest BCUT2D eigenvalue weighted by Crippen LogP contribution is 2.55.